The molecule has 0 spiro atoms. The van der Waals surface area contributed by atoms with Crippen molar-refractivity contribution in [2.75, 3.05) is 6.26 Å². The van der Waals surface area contributed by atoms with Gasteiger partial charge >= 0.3 is 5.97 Å². The maximum Gasteiger partial charge on any atom is 0.302 e. The first-order valence-corrected chi connectivity index (χ1v) is 11.5. The molecule has 3 saturated carbocycles. The van der Waals surface area contributed by atoms with Gasteiger partial charge in [0.15, 0.2) is 5.78 Å². The lowest BCUT2D eigenvalue weighted by Crippen LogP contribution is -2.55. The van der Waals surface area contributed by atoms with E-state index < -0.39 is 0 Å². The average Bonchev–Trinajstić information content (AvgIpc) is 2.91. The molecule has 3 fully saturated rings. The SMILES string of the molecule is CS[C@@H]1CC2=CC(=O)CC[C@]2(C)[C@H]2CC[C@]3(C)[C@@H](OC(C)=O)CC[C@H]3[C@H]12. The number of rotatable bonds is 2. The normalized spacial score (nSPS) is 47.5. The summed E-state index contributed by atoms with van der Waals surface area (Å²) < 4.78 is 5.78. The van der Waals surface area contributed by atoms with Gasteiger partial charge in [0.25, 0.3) is 0 Å². The molecule has 4 heteroatoms. The molecular weight excluding hydrogens is 344 g/mol. The van der Waals surface area contributed by atoms with E-state index in [0.29, 0.717) is 35.2 Å². The molecule has 0 amide bonds. The summed E-state index contributed by atoms with van der Waals surface area (Å²) in [5, 5.41) is 0.589. The first-order valence-electron chi connectivity index (χ1n) is 10.2. The van der Waals surface area contributed by atoms with Crippen LogP contribution in [0, 0.1) is 28.6 Å². The first kappa shape index (κ1) is 18.6. The van der Waals surface area contributed by atoms with Crippen molar-refractivity contribution >= 4 is 23.5 Å². The second kappa shape index (κ2) is 6.39. The molecule has 0 saturated heterocycles. The fraction of sp³-hybridized carbons (Fsp3) is 0.818. The van der Waals surface area contributed by atoms with Crippen molar-refractivity contribution in [3.63, 3.8) is 0 Å². The van der Waals surface area contributed by atoms with E-state index in [1.165, 1.54) is 18.4 Å². The Bertz CT molecular complexity index is 656. The van der Waals surface area contributed by atoms with E-state index in [1.807, 2.05) is 17.8 Å². The Morgan fingerprint density at radius 3 is 2.65 bits per heavy atom. The van der Waals surface area contributed by atoms with Crippen LogP contribution in [0.1, 0.15) is 65.7 Å². The van der Waals surface area contributed by atoms with E-state index in [0.717, 1.165) is 25.7 Å². The quantitative estimate of drug-likeness (QED) is 0.650. The Morgan fingerprint density at radius 1 is 1.19 bits per heavy atom. The van der Waals surface area contributed by atoms with Crippen molar-refractivity contribution in [3.8, 4) is 0 Å². The Hall–Kier alpha value is -0.770. The summed E-state index contributed by atoms with van der Waals surface area (Å²) in [5.74, 6) is 2.18. The van der Waals surface area contributed by atoms with Gasteiger partial charge in [0.2, 0.25) is 0 Å². The van der Waals surface area contributed by atoms with Crippen LogP contribution in [0.15, 0.2) is 11.6 Å². The van der Waals surface area contributed by atoms with Crippen molar-refractivity contribution in [2.24, 2.45) is 28.6 Å². The number of hydrogen-bond acceptors (Lipinski definition) is 4. The summed E-state index contributed by atoms with van der Waals surface area (Å²) in [6.07, 6.45) is 11.7. The predicted octanol–water partition coefficient (Wildman–Crippen LogP) is 4.79. The summed E-state index contributed by atoms with van der Waals surface area (Å²) in [6.45, 7) is 6.36. The molecule has 0 radical (unpaired) electrons. The highest BCUT2D eigenvalue weighted by molar-refractivity contribution is 7.99. The van der Waals surface area contributed by atoms with Gasteiger partial charge in [-0.1, -0.05) is 19.4 Å². The van der Waals surface area contributed by atoms with E-state index in [2.05, 4.69) is 20.1 Å². The van der Waals surface area contributed by atoms with Gasteiger partial charge in [0.1, 0.15) is 6.10 Å². The van der Waals surface area contributed by atoms with Crippen LogP contribution in [0.3, 0.4) is 0 Å². The third kappa shape index (κ3) is 2.62. The average molecular weight is 377 g/mol. The largest absolute Gasteiger partial charge is 0.462 e. The number of esters is 1. The van der Waals surface area contributed by atoms with Gasteiger partial charge in [-0.2, -0.15) is 11.8 Å². The second-order valence-corrected chi connectivity index (χ2v) is 10.6. The van der Waals surface area contributed by atoms with Crippen LogP contribution in [0.5, 0.6) is 0 Å². The van der Waals surface area contributed by atoms with Crippen LogP contribution in [0.2, 0.25) is 0 Å². The predicted molar refractivity (Wildman–Crippen MR) is 105 cm³/mol. The van der Waals surface area contributed by atoms with Crippen LogP contribution < -0.4 is 0 Å². The maximum absolute atomic E-state index is 12.1. The van der Waals surface area contributed by atoms with E-state index >= 15 is 0 Å². The number of fused-ring (bicyclic) bond motifs is 5. The number of thioether (sulfide) groups is 1. The summed E-state index contributed by atoms with van der Waals surface area (Å²) >= 11 is 1.99. The van der Waals surface area contributed by atoms with Crippen LogP contribution >= 0.6 is 11.8 Å². The molecule has 0 unspecified atom stereocenters. The molecule has 7 atom stereocenters. The summed E-state index contributed by atoms with van der Waals surface area (Å²) in [6, 6.07) is 0. The van der Waals surface area contributed by atoms with Crippen LogP contribution in [-0.4, -0.2) is 29.4 Å². The lowest BCUT2D eigenvalue weighted by Gasteiger charge is -2.60. The zero-order chi connectivity index (χ0) is 18.7. The number of ketones is 1. The summed E-state index contributed by atoms with van der Waals surface area (Å²) in [7, 11) is 0. The number of allylic oxidation sites excluding steroid dienone is 1. The molecule has 0 bridgehead atoms. The molecule has 0 aliphatic heterocycles. The zero-order valence-corrected chi connectivity index (χ0v) is 17.4. The van der Waals surface area contributed by atoms with Crippen molar-refractivity contribution in [2.45, 2.75) is 77.1 Å². The molecule has 26 heavy (non-hydrogen) atoms. The van der Waals surface area contributed by atoms with Crippen molar-refractivity contribution in [1.29, 1.82) is 0 Å². The topological polar surface area (TPSA) is 43.4 Å². The van der Waals surface area contributed by atoms with Crippen molar-refractivity contribution in [3.05, 3.63) is 11.6 Å². The molecule has 0 N–H and O–H groups in total. The molecule has 4 rings (SSSR count). The molecule has 0 aromatic rings. The summed E-state index contributed by atoms with van der Waals surface area (Å²) in [5.41, 5.74) is 1.75. The number of carbonyl (C=O) groups excluding carboxylic acids is 2. The molecule has 4 aliphatic carbocycles. The lowest BCUT2D eigenvalue weighted by molar-refractivity contribution is -0.157. The van der Waals surface area contributed by atoms with E-state index in [4.69, 9.17) is 4.74 Å². The molecule has 0 aromatic heterocycles. The number of hydrogen-bond donors (Lipinski definition) is 0. The molecular formula is C22H32O3S. The molecule has 144 valence electrons. The summed E-state index contributed by atoms with van der Waals surface area (Å²) in [4.78, 5) is 23.7. The maximum atomic E-state index is 12.1. The Balaban J connectivity index is 1.69. The third-order valence-electron chi connectivity index (χ3n) is 8.48. The van der Waals surface area contributed by atoms with E-state index in [9.17, 15) is 9.59 Å². The fourth-order valence-corrected chi connectivity index (χ4v) is 8.13. The highest BCUT2D eigenvalue weighted by Gasteiger charge is 2.62. The first-order chi connectivity index (χ1) is 12.3. The van der Waals surface area contributed by atoms with Gasteiger partial charge in [-0.3, -0.25) is 9.59 Å². The Morgan fingerprint density at radius 2 is 1.96 bits per heavy atom. The van der Waals surface area contributed by atoms with Gasteiger partial charge in [0.05, 0.1) is 0 Å². The van der Waals surface area contributed by atoms with Gasteiger partial charge in [0, 0.05) is 24.0 Å². The number of carbonyl (C=O) groups is 2. The second-order valence-electron chi connectivity index (χ2n) is 9.54. The number of ether oxygens (including phenoxy) is 1. The van der Waals surface area contributed by atoms with Crippen LogP contribution in [0.4, 0.5) is 0 Å². The minimum atomic E-state index is -0.132. The molecule has 0 heterocycles. The van der Waals surface area contributed by atoms with Crippen LogP contribution in [-0.2, 0) is 14.3 Å². The standard InChI is InChI=1S/C22H32O3S/c1-13(23)25-19-6-5-16-20-17(8-10-22(16,19)3)21(2)9-7-15(24)11-14(21)12-18(20)26-4/h11,16-20H,5-10,12H2,1-4H3/t16-,17-,18+,19-,20-,21-,22-/m0/s1. The minimum Gasteiger partial charge on any atom is -0.462 e. The van der Waals surface area contributed by atoms with Gasteiger partial charge in [-0.15, -0.1) is 0 Å². The highest BCUT2D eigenvalue weighted by atomic mass is 32.2. The Kier molecular flexibility index (Phi) is 4.57. The zero-order valence-electron chi connectivity index (χ0n) is 16.5. The van der Waals surface area contributed by atoms with Crippen LogP contribution in [0.25, 0.3) is 0 Å². The molecule has 0 aromatic carbocycles. The van der Waals surface area contributed by atoms with Gasteiger partial charge < -0.3 is 4.74 Å². The molecule has 3 nitrogen and oxygen atoms in total. The van der Waals surface area contributed by atoms with Crippen molar-refractivity contribution < 1.29 is 14.3 Å². The lowest BCUT2D eigenvalue weighted by atomic mass is 9.47. The fourth-order valence-electron chi connectivity index (χ4n) is 7.09. The molecule has 4 aliphatic rings. The Labute approximate surface area is 161 Å². The van der Waals surface area contributed by atoms with Gasteiger partial charge in [-0.25, -0.2) is 0 Å². The van der Waals surface area contributed by atoms with E-state index in [1.54, 1.807) is 6.92 Å². The highest BCUT2D eigenvalue weighted by Crippen LogP contribution is 2.66. The smallest absolute Gasteiger partial charge is 0.302 e. The van der Waals surface area contributed by atoms with Gasteiger partial charge in [-0.05, 0) is 74.0 Å². The monoisotopic (exact) mass is 376 g/mol. The van der Waals surface area contributed by atoms with Crippen molar-refractivity contribution in [1.82, 2.24) is 0 Å². The third-order valence-corrected chi connectivity index (χ3v) is 9.57. The minimum absolute atomic E-state index is 0.0890. The van der Waals surface area contributed by atoms with E-state index in [-0.39, 0.29) is 22.9 Å².